The molecule has 0 saturated heterocycles. The zero-order chi connectivity index (χ0) is 18.6. The van der Waals surface area contributed by atoms with Gasteiger partial charge in [-0.1, -0.05) is 24.3 Å². The minimum absolute atomic E-state index is 0.256. The molecule has 2 aromatic carbocycles. The molecule has 2 N–H and O–H groups in total. The van der Waals surface area contributed by atoms with Crippen LogP contribution in [0.5, 0.6) is 0 Å². The summed E-state index contributed by atoms with van der Waals surface area (Å²) in [6.07, 6.45) is 0. The van der Waals surface area contributed by atoms with Crippen molar-refractivity contribution in [2.45, 2.75) is 13.1 Å². The molecule has 136 valence electrons. The third-order valence-electron chi connectivity index (χ3n) is 4.04. The molecule has 0 atom stereocenters. The van der Waals surface area contributed by atoms with Crippen molar-refractivity contribution in [3.8, 4) is 0 Å². The summed E-state index contributed by atoms with van der Waals surface area (Å²) >= 11 is 1.56. The highest BCUT2D eigenvalue weighted by Crippen LogP contribution is 2.27. The van der Waals surface area contributed by atoms with Crippen LogP contribution in [-0.2, 0) is 13.1 Å². The maximum Gasteiger partial charge on any atom is 0.225 e. The van der Waals surface area contributed by atoms with E-state index in [1.54, 1.807) is 35.6 Å². The molecule has 0 saturated carbocycles. The van der Waals surface area contributed by atoms with Gasteiger partial charge in [0.2, 0.25) is 5.95 Å². The van der Waals surface area contributed by atoms with Crippen LogP contribution in [0.3, 0.4) is 0 Å². The normalized spacial score (nSPS) is 10.9. The Labute approximate surface area is 158 Å². The van der Waals surface area contributed by atoms with Crippen LogP contribution in [0.1, 0.15) is 11.1 Å². The Bertz CT molecular complexity index is 1050. The molecule has 7 heteroatoms. The number of aromatic nitrogens is 2. The van der Waals surface area contributed by atoms with Crippen molar-refractivity contribution in [3.63, 3.8) is 0 Å². The molecule has 0 bridgehead atoms. The van der Waals surface area contributed by atoms with E-state index in [2.05, 4.69) is 20.6 Å². The molecule has 4 nitrogen and oxygen atoms in total. The summed E-state index contributed by atoms with van der Waals surface area (Å²) < 4.78 is 27.0. The Morgan fingerprint density at radius 1 is 0.741 bits per heavy atom. The maximum absolute atomic E-state index is 13.0. The van der Waals surface area contributed by atoms with Crippen LogP contribution in [0.15, 0.2) is 60.0 Å². The number of hydrogen-bond donors (Lipinski definition) is 2. The fraction of sp³-hybridized carbons (Fsp3) is 0.100. The number of thiophene rings is 1. The van der Waals surface area contributed by atoms with Crippen molar-refractivity contribution >= 4 is 33.3 Å². The smallest absolute Gasteiger partial charge is 0.225 e. The van der Waals surface area contributed by atoms with Crippen LogP contribution in [0.4, 0.5) is 20.5 Å². The highest BCUT2D eigenvalue weighted by atomic mass is 32.1. The third-order valence-corrected chi connectivity index (χ3v) is 4.95. The van der Waals surface area contributed by atoms with Gasteiger partial charge in [-0.3, -0.25) is 0 Å². The van der Waals surface area contributed by atoms with Gasteiger partial charge in [0, 0.05) is 13.1 Å². The van der Waals surface area contributed by atoms with E-state index < -0.39 is 0 Å². The standard InChI is InChI=1S/C20H16F2N4S/c21-15-5-1-13(2-6-15)11-23-19-18-17(9-10-27-18)25-20(26-19)24-12-14-3-7-16(22)8-4-14/h1-10H,11-12H2,(H2,23,24,25,26). The van der Waals surface area contributed by atoms with E-state index in [4.69, 9.17) is 0 Å². The van der Waals surface area contributed by atoms with Gasteiger partial charge in [-0.15, -0.1) is 11.3 Å². The first-order valence-electron chi connectivity index (χ1n) is 8.39. The minimum atomic E-state index is -0.262. The highest BCUT2D eigenvalue weighted by molar-refractivity contribution is 7.17. The summed E-state index contributed by atoms with van der Waals surface area (Å²) in [7, 11) is 0. The zero-order valence-electron chi connectivity index (χ0n) is 14.2. The van der Waals surface area contributed by atoms with Crippen molar-refractivity contribution in [2.24, 2.45) is 0 Å². The summed E-state index contributed by atoms with van der Waals surface area (Å²) in [5.74, 6) is 0.698. The Hall–Kier alpha value is -3.06. The van der Waals surface area contributed by atoms with E-state index in [-0.39, 0.29) is 11.6 Å². The number of hydrogen-bond acceptors (Lipinski definition) is 5. The molecule has 2 heterocycles. The van der Waals surface area contributed by atoms with Gasteiger partial charge in [-0.25, -0.2) is 13.8 Å². The first-order valence-corrected chi connectivity index (χ1v) is 9.27. The lowest BCUT2D eigenvalue weighted by Gasteiger charge is -2.10. The molecule has 0 unspecified atom stereocenters. The lowest BCUT2D eigenvalue weighted by atomic mass is 10.2. The maximum atomic E-state index is 13.0. The monoisotopic (exact) mass is 382 g/mol. The molecule has 0 aliphatic carbocycles. The van der Waals surface area contributed by atoms with Crippen LogP contribution in [-0.4, -0.2) is 9.97 Å². The second-order valence-corrected chi connectivity index (χ2v) is 6.91. The van der Waals surface area contributed by atoms with Crippen LogP contribution in [0.2, 0.25) is 0 Å². The molecule has 0 fully saturated rings. The second kappa shape index (κ2) is 7.67. The zero-order valence-corrected chi connectivity index (χ0v) is 15.1. The number of nitrogens with zero attached hydrogens (tertiary/aromatic N) is 2. The van der Waals surface area contributed by atoms with Gasteiger partial charge in [0.15, 0.2) is 0 Å². The van der Waals surface area contributed by atoms with Crippen molar-refractivity contribution in [1.29, 1.82) is 0 Å². The molecular formula is C20H16F2N4S. The fourth-order valence-corrected chi connectivity index (χ4v) is 3.43. The summed E-state index contributed by atoms with van der Waals surface area (Å²) in [6.45, 7) is 1.02. The Morgan fingerprint density at radius 3 is 1.96 bits per heavy atom. The molecule has 0 aliphatic heterocycles. The summed E-state index contributed by atoms with van der Waals surface area (Å²) in [5, 5.41) is 8.45. The molecule has 27 heavy (non-hydrogen) atoms. The Kier molecular flexibility index (Phi) is 4.93. The van der Waals surface area contributed by atoms with E-state index in [1.165, 1.54) is 24.3 Å². The highest BCUT2D eigenvalue weighted by Gasteiger charge is 2.09. The Balaban J connectivity index is 1.52. The summed E-state index contributed by atoms with van der Waals surface area (Å²) in [6, 6.07) is 14.6. The van der Waals surface area contributed by atoms with Crippen LogP contribution < -0.4 is 10.6 Å². The molecule has 4 aromatic rings. The van der Waals surface area contributed by atoms with Crippen molar-refractivity contribution in [2.75, 3.05) is 10.6 Å². The fourth-order valence-electron chi connectivity index (χ4n) is 2.63. The number of rotatable bonds is 6. The lowest BCUT2D eigenvalue weighted by Crippen LogP contribution is -2.07. The molecule has 0 spiro atoms. The average Bonchev–Trinajstić information content (AvgIpc) is 3.16. The summed E-state index contributed by atoms with van der Waals surface area (Å²) in [5.41, 5.74) is 2.74. The number of anilines is 2. The predicted molar refractivity (Wildman–Crippen MR) is 105 cm³/mol. The third kappa shape index (κ3) is 4.20. The van der Waals surface area contributed by atoms with E-state index in [0.29, 0.717) is 19.0 Å². The van der Waals surface area contributed by atoms with Gasteiger partial charge in [-0.2, -0.15) is 4.98 Å². The number of halogens is 2. The van der Waals surface area contributed by atoms with Crippen LogP contribution in [0.25, 0.3) is 10.2 Å². The van der Waals surface area contributed by atoms with Gasteiger partial charge >= 0.3 is 0 Å². The van der Waals surface area contributed by atoms with Gasteiger partial charge in [0.05, 0.1) is 10.2 Å². The van der Waals surface area contributed by atoms with Crippen molar-refractivity contribution in [3.05, 3.63) is 82.7 Å². The van der Waals surface area contributed by atoms with Crippen molar-refractivity contribution in [1.82, 2.24) is 9.97 Å². The van der Waals surface area contributed by atoms with E-state index in [0.717, 1.165) is 27.2 Å². The first kappa shape index (κ1) is 17.4. The number of nitrogens with one attached hydrogen (secondary N) is 2. The first-order chi connectivity index (χ1) is 13.2. The van der Waals surface area contributed by atoms with Crippen LogP contribution >= 0.6 is 11.3 Å². The van der Waals surface area contributed by atoms with Gasteiger partial charge < -0.3 is 10.6 Å². The van der Waals surface area contributed by atoms with Gasteiger partial charge in [-0.05, 0) is 46.8 Å². The molecule has 0 aliphatic rings. The van der Waals surface area contributed by atoms with Gasteiger partial charge in [0.25, 0.3) is 0 Å². The average molecular weight is 382 g/mol. The predicted octanol–water partition coefficient (Wildman–Crippen LogP) is 5.19. The van der Waals surface area contributed by atoms with E-state index >= 15 is 0 Å². The molecule has 0 radical (unpaired) electrons. The van der Waals surface area contributed by atoms with Crippen molar-refractivity contribution < 1.29 is 8.78 Å². The summed E-state index contributed by atoms with van der Waals surface area (Å²) in [4.78, 5) is 9.09. The lowest BCUT2D eigenvalue weighted by molar-refractivity contribution is 0.626. The van der Waals surface area contributed by atoms with E-state index in [1.807, 2.05) is 11.4 Å². The SMILES string of the molecule is Fc1ccc(CNc2nc(NCc3ccc(F)cc3)c3sccc3n2)cc1. The molecular weight excluding hydrogens is 366 g/mol. The minimum Gasteiger partial charge on any atom is -0.365 e. The quantitative estimate of drug-likeness (QED) is 0.482. The largest absolute Gasteiger partial charge is 0.365 e. The molecule has 4 rings (SSSR count). The number of fused-ring (bicyclic) bond motifs is 1. The topological polar surface area (TPSA) is 49.8 Å². The number of benzene rings is 2. The van der Waals surface area contributed by atoms with Crippen LogP contribution in [0, 0.1) is 11.6 Å². The second-order valence-electron chi connectivity index (χ2n) is 5.99. The molecule has 2 aromatic heterocycles. The van der Waals surface area contributed by atoms with E-state index in [9.17, 15) is 8.78 Å². The van der Waals surface area contributed by atoms with Gasteiger partial charge in [0.1, 0.15) is 17.5 Å². The molecule has 0 amide bonds. The Morgan fingerprint density at radius 2 is 1.33 bits per heavy atom.